The number of benzene rings is 2. The molecule has 42 heavy (non-hydrogen) atoms. The Morgan fingerprint density at radius 2 is 1.64 bits per heavy atom. The van der Waals surface area contributed by atoms with Gasteiger partial charge in [-0.3, -0.25) is 4.79 Å². The van der Waals surface area contributed by atoms with Crippen LogP contribution in [0, 0.1) is 5.82 Å². The lowest BCUT2D eigenvalue weighted by Gasteiger charge is -2.20. The van der Waals surface area contributed by atoms with Crippen molar-refractivity contribution in [2.45, 2.75) is 57.8 Å². The molecule has 5 N–H and O–H groups in total. The molecule has 2 aromatic carbocycles. The minimum atomic E-state index is -3.65. The van der Waals surface area contributed by atoms with Gasteiger partial charge in [0.25, 0.3) is 0 Å². The highest BCUT2D eigenvalue weighted by molar-refractivity contribution is 7.92. The molecular formula is C30H39FN4O6S. The van der Waals surface area contributed by atoms with E-state index in [0.29, 0.717) is 22.5 Å². The lowest BCUT2D eigenvalue weighted by molar-refractivity contribution is -0.139. The van der Waals surface area contributed by atoms with Crippen LogP contribution in [0.4, 0.5) is 10.3 Å². The van der Waals surface area contributed by atoms with Crippen LogP contribution < -0.4 is 10.0 Å². The third kappa shape index (κ3) is 10.6. The number of sulfonamides is 1. The smallest absolute Gasteiger partial charge is 0.305 e. The van der Waals surface area contributed by atoms with Crippen molar-refractivity contribution in [1.82, 2.24) is 9.97 Å². The number of aromatic nitrogens is 2. The first-order chi connectivity index (χ1) is 19.6. The Balaban J connectivity index is 0.000000581. The van der Waals surface area contributed by atoms with E-state index < -0.39 is 40.4 Å². The fourth-order valence-electron chi connectivity index (χ4n) is 3.80. The van der Waals surface area contributed by atoms with Crippen LogP contribution in [0.15, 0.2) is 60.7 Å². The zero-order valence-corrected chi connectivity index (χ0v) is 25.2. The Labute approximate surface area is 246 Å². The molecule has 0 unspecified atom stereocenters. The van der Waals surface area contributed by atoms with Crippen molar-refractivity contribution in [2.24, 2.45) is 5.73 Å². The molecule has 3 aromatic rings. The summed E-state index contributed by atoms with van der Waals surface area (Å²) in [6.07, 6.45) is 0.860. The van der Waals surface area contributed by atoms with E-state index in [9.17, 15) is 27.8 Å². The molecule has 228 valence electrons. The molecule has 12 heteroatoms. The zero-order chi connectivity index (χ0) is 31.6. The minimum absolute atomic E-state index is 0.0601. The molecule has 0 saturated heterocycles. The van der Waals surface area contributed by atoms with E-state index in [1.165, 1.54) is 49.0 Å². The number of aliphatic hydroxyl groups excluding tert-OH is 2. The standard InChI is InChI=1S/C22H28FN3O6S.C8H11N/c1-13(2)20-18(10-9-16(27)11-17(28)12-19(29)30)21(14-5-7-15(23)8-6-14)25-22(24-20)26(3)33(4,31)32;1-7(9)8-5-3-2-4-6-8/h5-10,13,16-17,27-28H,11-12H2,1-4H3,(H,29,30);2-7H,9H2,1H3/b10-9+;/t16-,17-;7-/m10/s1. The van der Waals surface area contributed by atoms with E-state index in [1.54, 1.807) is 0 Å². The van der Waals surface area contributed by atoms with Gasteiger partial charge in [-0.2, -0.15) is 0 Å². The number of hydrogen-bond donors (Lipinski definition) is 4. The van der Waals surface area contributed by atoms with E-state index in [1.807, 2.05) is 51.1 Å². The monoisotopic (exact) mass is 602 g/mol. The number of aliphatic hydroxyl groups is 2. The fraction of sp³-hybridized carbons (Fsp3) is 0.367. The lowest BCUT2D eigenvalue weighted by atomic mass is 9.97. The summed E-state index contributed by atoms with van der Waals surface area (Å²) in [6, 6.07) is 15.7. The van der Waals surface area contributed by atoms with Crippen molar-refractivity contribution in [3.05, 3.63) is 83.3 Å². The maximum Gasteiger partial charge on any atom is 0.305 e. The number of nitrogens with two attached hydrogens (primary N) is 1. The van der Waals surface area contributed by atoms with E-state index in [2.05, 4.69) is 9.97 Å². The molecule has 0 aliphatic rings. The van der Waals surface area contributed by atoms with Crippen LogP contribution in [0.5, 0.6) is 0 Å². The average Bonchev–Trinajstić information content (AvgIpc) is 2.91. The van der Waals surface area contributed by atoms with Gasteiger partial charge in [-0.15, -0.1) is 0 Å². The van der Waals surface area contributed by atoms with Crippen molar-refractivity contribution in [3.8, 4) is 11.3 Å². The van der Waals surface area contributed by atoms with Gasteiger partial charge in [0.15, 0.2) is 0 Å². The van der Waals surface area contributed by atoms with Gasteiger partial charge in [0, 0.05) is 30.6 Å². The summed E-state index contributed by atoms with van der Waals surface area (Å²) >= 11 is 0. The van der Waals surface area contributed by atoms with E-state index in [0.717, 1.165) is 10.6 Å². The summed E-state index contributed by atoms with van der Waals surface area (Å²) in [6.45, 7) is 5.69. The summed E-state index contributed by atoms with van der Waals surface area (Å²) in [5, 5.41) is 28.8. The molecule has 0 aliphatic heterocycles. The number of aliphatic carboxylic acids is 1. The highest BCUT2D eigenvalue weighted by atomic mass is 32.2. The van der Waals surface area contributed by atoms with Crippen LogP contribution in [0.1, 0.15) is 62.4 Å². The second-order valence-corrected chi connectivity index (χ2v) is 12.2. The highest BCUT2D eigenvalue weighted by Crippen LogP contribution is 2.31. The van der Waals surface area contributed by atoms with Gasteiger partial charge in [0.05, 0.1) is 36.3 Å². The summed E-state index contributed by atoms with van der Waals surface area (Å²) in [5.74, 6) is -1.87. The molecular weight excluding hydrogens is 563 g/mol. The van der Waals surface area contributed by atoms with Crippen molar-refractivity contribution in [1.29, 1.82) is 0 Å². The van der Waals surface area contributed by atoms with Gasteiger partial charge in [0.2, 0.25) is 16.0 Å². The van der Waals surface area contributed by atoms with Crippen LogP contribution in [-0.4, -0.2) is 65.2 Å². The maximum absolute atomic E-state index is 13.5. The van der Waals surface area contributed by atoms with Gasteiger partial charge in [-0.25, -0.2) is 27.1 Å². The molecule has 3 atom stereocenters. The van der Waals surface area contributed by atoms with Crippen molar-refractivity contribution < 1.29 is 32.9 Å². The van der Waals surface area contributed by atoms with Crippen LogP contribution >= 0.6 is 0 Å². The number of nitrogens with zero attached hydrogens (tertiary/aromatic N) is 3. The number of halogens is 1. The summed E-state index contributed by atoms with van der Waals surface area (Å²) < 4.78 is 38.6. The Morgan fingerprint density at radius 1 is 1.05 bits per heavy atom. The van der Waals surface area contributed by atoms with E-state index >= 15 is 0 Å². The third-order valence-electron chi connectivity index (χ3n) is 6.14. The SMILES string of the molecule is CC(C)c1nc(N(C)S(C)(=O)=O)nc(-c2ccc(F)cc2)c1/C=C/[C@@H](O)C[C@@H](O)CC(=O)O.C[C@H](N)c1ccccc1. The number of carboxylic acids is 1. The molecule has 0 amide bonds. The number of hydrogen-bond acceptors (Lipinski definition) is 8. The molecule has 0 spiro atoms. The topological polar surface area (TPSA) is 167 Å². The molecule has 1 heterocycles. The molecule has 0 fully saturated rings. The summed E-state index contributed by atoms with van der Waals surface area (Å²) in [7, 11) is -2.33. The van der Waals surface area contributed by atoms with Gasteiger partial charge >= 0.3 is 5.97 Å². The van der Waals surface area contributed by atoms with Crippen molar-refractivity contribution >= 4 is 28.0 Å². The summed E-state index contributed by atoms with van der Waals surface area (Å²) in [5.41, 5.74) is 8.61. The number of rotatable bonds is 11. The van der Waals surface area contributed by atoms with Gasteiger partial charge in [0.1, 0.15) is 5.82 Å². The average molecular weight is 603 g/mol. The largest absolute Gasteiger partial charge is 0.481 e. The van der Waals surface area contributed by atoms with Crippen molar-refractivity contribution in [3.63, 3.8) is 0 Å². The van der Waals surface area contributed by atoms with Gasteiger partial charge < -0.3 is 21.1 Å². The van der Waals surface area contributed by atoms with Crippen LogP contribution in [0.25, 0.3) is 17.3 Å². The maximum atomic E-state index is 13.5. The predicted molar refractivity (Wildman–Crippen MR) is 162 cm³/mol. The number of carboxylic acid groups (broad SMARTS) is 1. The fourth-order valence-corrected chi connectivity index (χ4v) is 4.18. The molecule has 0 radical (unpaired) electrons. The number of anilines is 1. The van der Waals surface area contributed by atoms with E-state index in [4.69, 9.17) is 10.8 Å². The molecule has 1 aromatic heterocycles. The quantitative estimate of drug-likeness (QED) is 0.253. The van der Waals surface area contributed by atoms with Crippen LogP contribution in [0.2, 0.25) is 0 Å². The molecule has 0 saturated carbocycles. The van der Waals surface area contributed by atoms with Gasteiger partial charge in [-0.05, 0) is 42.7 Å². The highest BCUT2D eigenvalue weighted by Gasteiger charge is 2.22. The molecule has 3 rings (SSSR count). The molecule has 0 aliphatic carbocycles. The Hall–Kier alpha value is -3.71. The second-order valence-electron chi connectivity index (χ2n) is 10.2. The Kier molecular flexibility index (Phi) is 12.7. The van der Waals surface area contributed by atoms with E-state index in [-0.39, 0.29) is 24.3 Å². The normalized spacial score (nSPS) is 13.8. The predicted octanol–water partition coefficient (Wildman–Crippen LogP) is 4.11. The van der Waals surface area contributed by atoms with Gasteiger partial charge in [-0.1, -0.05) is 56.3 Å². The minimum Gasteiger partial charge on any atom is -0.481 e. The zero-order valence-electron chi connectivity index (χ0n) is 24.3. The van der Waals surface area contributed by atoms with Crippen molar-refractivity contribution in [2.75, 3.05) is 17.6 Å². The van der Waals surface area contributed by atoms with Crippen LogP contribution in [0.3, 0.4) is 0 Å². The summed E-state index contributed by atoms with van der Waals surface area (Å²) in [4.78, 5) is 19.6. The Bertz CT molecular complexity index is 1450. The van der Waals surface area contributed by atoms with Crippen LogP contribution in [-0.2, 0) is 14.8 Å². The first-order valence-electron chi connectivity index (χ1n) is 13.3. The first kappa shape index (κ1) is 34.5. The molecule has 0 bridgehead atoms. The lowest BCUT2D eigenvalue weighted by Crippen LogP contribution is -2.27. The Morgan fingerprint density at radius 3 is 2.12 bits per heavy atom. The first-order valence-corrected chi connectivity index (χ1v) is 15.1. The third-order valence-corrected chi connectivity index (χ3v) is 7.30. The molecule has 10 nitrogen and oxygen atoms in total. The number of carbonyl (C=O) groups is 1. The second kappa shape index (κ2) is 15.5.